The van der Waals surface area contributed by atoms with E-state index in [1.165, 1.54) is 10.8 Å². The van der Waals surface area contributed by atoms with Crippen molar-refractivity contribution in [3.63, 3.8) is 0 Å². The monoisotopic (exact) mass is 179 g/mol. The Hall–Kier alpha value is 0.170. The van der Waals surface area contributed by atoms with Gasteiger partial charge in [-0.15, -0.1) is 11.7 Å². The zero-order chi connectivity index (χ0) is 7.98. The second-order valence-electron chi connectivity index (χ2n) is 2.18. The molecular formula is C6H11O2S2-. The first-order valence-electron chi connectivity index (χ1n) is 3.17. The average molecular weight is 179 g/mol. The van der Waals surface area contributed by atoms with Gasteiger partial charge in [0.15, 0.2) is 0 Å². The number of thiol groups is 1. The number of rotatable bonds is 5. The van der Waals surface area contributed by atoms with Crippen LogP contribution < -0.4 is 5.11 Å². The second-order valence-corrected chi connectivity index (χ2v) is 3.83. The molecule has 0 aliphatic rings. The SMILES string of the molecule is CC(CCCC(=O)[O-])SS. The minimum Gasteiger partial charge on any atom is -0.550 e. The van der Waals surface area contributed by atoms with Crippen LogP contribution in [-0.2, 0) is 4.79 Å². The van der Waals surface area contributed by atoms with Crippen molar-refractivity contribution in [2.75, 3.05) is 0 Å². The maximum absolute atomic E-state index is 9.93. The Balaban J connectivity index is 3.11. The predicted octanol–water partition coefficient (Wildman–Crippen LogP) is 0.873. The lowest BCUT2D eigenvalue weighted by Crippen LogP contribution is -2.21. The highest BCUT2D eigenvalue weighted by Gasteiger charge is 1.98. The van der Waals surface area contributed by atoms with Crippen molar-refractivity contribution in [1.29, 1.82) is 0 Å². The van der Waals surface area contributed by atoms with Gasteiger partial charge in [-0.3, -0.25) is 0 Å². The van der Waals surface area contributed by atoms with Gasteiger partial charge in [0, 0.05) is 11.2 Å². The summed E-state index contributed by atoms with van der Waals surface area (Å²) in [6, 6.07) is 0. The van der Waals surface area contributed by atoms with Crippen LogP contribution >= 0.6 is 22.5 Å². The zero-order valence-electron chi connectivity index (χ0n) is 5.87. The normalized spacial score (nSPS) is 13.0. The van der Waals surface area contributed by atoms with E-state index in [0.29, 0.717) is 11.7 Å². The zero-order valence-corrected chi connectivity index (χ0v) is 7.58. The molecule has 0 fully saturated rings. The van der Waals surface area contributed by atoms with Crippen LogP contribution in [0.5, 0.6) is 0 Å². The van der Waals surface area contributed by atoms with Gasteiger partial charge in [-0.25, -0.2) is 0 Å². The quantitative estimate of drug-likeness (QED) is 0.503. The summed E-state index contributed by atoms with van der Waals surface area (Å²) in [4.78, 5) is 9.93. The topological polar surface area (TPSA) is 40.1 Å². The molecule has 0 saturated heterocycles. The van der Waals surface area contributed by atoms with Crippen molar-refractivity contribution >= 4 is 28.4 Å². The minimum absolute atomic E-state index is 0.165. The van der Waals surface area contributed by atoms with Crippen LogP contribution in [0.2, 0.25) is 0 Å². The summed E-state index contributed by atoms with van der Waals surface area (Å²) in [7, 11) is 1.46. The molecule has 0 radical (unpaired) electrons. The number of aliphatic carboxylic acids is 1. The van der Waals surface area contributed by atoms with E-state index in [2.05, 4.69) is 11.7 Å². The first kappa shape index (κ1) is 10.2. The molecule has 0 aromatic heterocycles. The maximum Gasteiger partial charge on any atom is 0.0414 e. The summed E-state index contributed by atoms with van der Waals surface area (Å²) >= 11 is 3.99. The summed E-state index contributed by atoms with van der Waals surface area (Å²) in [5.41, 5.74) is 0. The van der Waals surface area contributed by atoms with Gasteiger partial charge in [0.25, 0.3) is 0 Å². The predicted molar refractivity (Wildman–Crippen MR) is 44.9 cm³/mol. The fourth-order valence-electron chi connectivity index (χ4n) is 0.587. The number of carboxylic acids is 1. The molecule has 0 aromatic rings. The third-order valence-corrected chi connectivity index (χ3v) is 2.85. The molecule has 60 valence electrons. The van der Waals surface area contributed by atoms with Crippen LogP contribution in [0.15, 0.2) is 0 Å². The van der Waals surface area contributed by atoms with Gasteiger partial charge in [0.05, 0.1) is 0 Å². The van der Waals surface area contributed by atoms with Crippen LogP contribution in [0, 0.1) is 0 Å². The van der Waals surface area contributed by atoms with Gasteiger partial charge in [-0.2, -0.15) is 0 Å². The molecule has 0 heterocycles. The van der Waals surface area contributed by atoms with Crippen LogP contribution in [0.1, 0.15) is 26.2 Å². The third kappa shape index (κ3) is 6.29. The van der Waals surface area contributed by atoms with E-state index in [-0.39, 0.29) is 6.42 Å². The standard InChI is InChI=1S/C6H12O2S2/c1-5(10-9)3-2-4-6(7)8/h5,9H,2-4H2,1H3,(H,7,8)/p-1. The molecular weight excluding hydrogens is 168 g/mol. The molecule has 1 unspecified atom stereocenters. The molecule has 0 spiro atoms. The van der Waals surface area contributed by atoms with Crippen molar-refractivity contribution < 1.29 is 9.90 Å². The van der Waals surface area contributed by atoms with Gasteiger partial charge in [0.1, 0.15) is 0 Å². The van der Waals surface area contributed by atoms with Crippen molar-refractivity contribution in [2.24, 2.45) is 0 Å². The van der Waals surface area contributed by atoms with E-state index >= 15 is 0 Å². The van der Waals surface area contributed by atoms with E-state index < -0.39 is 5.97 Å². The van der Waals surface area contributed by atoms with E-state index in [1.54, 1.807) is 0 Å². The fourth-order valence-corrected chi connectivity index (χ4v) is 1.17. The first-order valence-corrected chi connectivity index (χ1v) is 5.10. The third-order valence-electron chi connectivity index (χ3n) is 1.17. The molecule has 10 heavy (non-hydrogen) atoms. The summed E-state index contributed by atoms with van der Waals surface area (Å²) in [5, 5.41) is 10.4. The summed E-state index contributed by atoms with van der Waals surface area (Å²) in [5.74, 6) is -0.962. The summed E-state index contributed by atoms with van der Waals surface area (Å²) < 4.78 is 0. The summed E-state index contributed by atoms with van der Waals surface area (Å²) in [6.45, 7) is 2.02. The highest BCUT2D eigenvalue weighted by atomic mass is 33.1. The van der Waals surface area contributed by atoms with Gasteiger partial charge < -0.3 is 9.90 Å². The second kappa shape index (κ2) is 5.92. The van der Waals surface area contributed by atoms with Crippen molar-refractivity contribution in [3.8, 4) is 0 Å². The van der Waals surface area contributed by atoms with Gasteiger partial charge in [-0.1, -0.05) is 17.7 Å². The molecule has 0 saturated carbocycles. The Morgan fingerprint density at radius 2 is 2.40 bits per heavy atom. The molecule has 0 amide bonds. The smallest absolute Gasteiger partial charge is 0.0414 e. The molecule has 1 atom stereocenters. The Kier molecular flexibility index (Phi) is 6.02. The van der Waals surface area contributed by atoms with Gasteiger partial charge in [-0.05, 0) is 19.3 Å². The first-order chi connectivity index (χ1) is 4.66. The number of hydrogen-bond donors (Lipinski definition) is 1. The largest absolute Gasteiger partial charge is 0.550 e. The Morgan fingerprint density at radius 3 is 2.80 bits per heavy atom. The lowest BCUT2D eigenvalue weighted by Gasteiger charge is -2.06. The van der Waals surface area contributed by atoms with Crippen LogP contribution in [0.25, 0.3) is 0 Å². The lowest BCUT2D eigenvalue weighted by molar-refractivity contribution is -0.305. The fraction of sp³-hybridized carbons (Fsp3) is 0.833. The lowest BCUT2D eigenvalue weighted by atomic mass is 10.2. The number of carbonyl (C=O) groups excluding carboxylic acids is 1. The van der Waals surface area contributed by atoms with Crippen molar-refractivity contribution in [1.82, 2.24) is 0 Å². The molecule has 0 aromatic carbocycles. The van der Waals surface area contributed by atoms with E-state index in [4.69, 9.17) is 0 Å². The molecule has 0 bridgehead atoms. The van der Waals surface area contributed by atoms with Crippen LogP contribution in [-0.4, -0.2) is 11.2 Å². The molecule has 0 N–H and O–H groups in total. The minimum atomic E-state index is -0.962. The van der Waals surface area contributed by atoms with E-state index in [9.17, 15) is 9.90 Å². The van der Waals surface area contributed by atoms with Crippen LogP contribution in [0.4, 0.5) is 0 Å². The molecule has 0 aliphatic carbocycles. The highest BCUT2D eigenvalue weighted by Crippen LogP contribution is 2.19. The molecule has 2 nitrogen and oxygen atoms in total. The van der Waals surface area contributed by atoms with Gasteiger partial charge in [0.2, 0.25) is 0 Å². The molecule has 0 aliphatic heterocycles. The van der Waals surface area contributed by atoms with Crippen molar-refractivity contribution in [3.05, 3.63) is 0 Å². The van der Waals surface area contributed by atoms with Crippen LogP contribution in [0.3, 0.4) is 0 Å². The van der Waals surface area contributed by atoms with Gasteiger partial charge >= 0.3 is 0 Å². The molecule has 4 heteroatoms. The average Bonchev–Trinajstić information content (AvgIpc) is 1.87. The Bertz CT molecular complexity index is 106. The van der Waals surface area contributed by atoms with E-state index in [1.807, 2.05) is 6.92 Å². The molecule has 0 rings (SSSR count). The van der Waals surface area contributed by atoms with E-state index in [0.717, 1.165) is 6.42 Å². The number of carbonyl (C=O) groups is 1. The highest BCUT2D eigenvalue weighted by molar-refractivity contribution is 8.68. The summed E-state index contributed by atoms with van der Waals surface area (Å²) in [6.07, 6.45) is 1.75. The number of carboxylic acid groups (broad SMARTS) is 1. The van der Waals surface area contributed by atoms with Crippen molar-refractivity contribution in [2.45, 2.75) is 31.4 Å². The Morgan fingerprint density at radius 1 is 1.80 bits per heavy atom. The Labute approximate surface area is 70.2 Å². The number of hydrogen-bond acceptors (Lipinski definition) is 4. The maximum atomic E-state index is 9.93.